The molecule has 0 aromatic heterocycles. The van der Waals surface area contributed by atoms with Crippen molar-refractivity contribution in [3.8, 4) is 0 Å². The molecule has 0 atom stereocenters. The molecule has 0 bridgehead atoms. The molecule has 92 valence electrons. The smallest absolute Gasteiger partial charge is 0.338 e. The lowest BCUT2D eigenvalue weighted by molar-refractivity contribution is -0.0850. The molecule has 1 saturated carbocycles. The van der Waals surface area contributed by atoms with E-state index in [-0.39, 0.29) is 6.04 Å². The van der Waals surface area contributed by atoms with E-state index in [1.807, 2.05) is 18.2 Å². The Labute approximate surface area is 101 Å². The van der Waals surface area contributed by atoms with E-state index >= 15 is 0 Å². The van der Waals surface area contributed by atoms with Gasteiger partial charge >= 0.3 is 6.03 Å². The van der Waals surface area contributed by atoms with E-state index < -0.39 is 6.03 Å². The number of carbonyl (C=O) groups excluding carboxylic acids is 1. The minimum atomic E-state index is -0.756. The molecule has 17 heavy (non-hydrogen) atoms. The molecule has 2 rings (SSSR count). The zero-order valence-corrected chi connectivity index (χ0v) is 9.75. The monoisotopic (exact) mass is 234 g/mol. The maximum Gasteiger partial charge on any atom is 0.338 e. The number of primary amides is 1. The lowest BCUT2D eigenvalue weighted by Crippen LogP contribution is -2.42. The number of hydrogen-bond donors (Lipinski definition) is 2. The van der Waals surface area contributed by atoms with Crippen molar-refractivity contribution in [1.82, 2.24) is 5.06 Å². The van der Waals surface area contributed by atoms with Crippen LogP contribution in [0.15, 0.2) is 30.3 Å². The Kier molecular flexibility index (Phi) is 3.64. The van der Waals surface area contributed by atoms with Gasteiger partial charge in [0.25, 0.3) is 0 Å². The molecule has 1 fully saturated rings. The van der Waals surface area contributed by atoms with E-state index in [2.05, 4.69) is 12.1 Å². The number of carbonyl (C=O) groups is 1. The number of nitrogens with zero attached hydrogens (tertiary/aromatic N) is 1. The molecule has 4 heteroatoms. The summed E-state index contributed by atoms with van der Waals surface area (Å²) in [5.74, 6) is 0.536. The molecule has 1 aliphatic carbocycles. The van der Waals surface area contributed by atoms with Crippen molar-refractivity contribution >= 4 is 6.03 Å². The van der Waals surface area contributed by atoms with E-state index in [9.17, 15) is 10.0 Å². The second-order valence-electron chi connectivity index (χ2n) is 4.60. The van der Waals surface area contributed by atoms with Gasteiger partial charge in [0.2, 0.25) is 0 Å². The molecule has 2 amide bonds. The van der Waals surface area contributed by atoms with E-state index in [1.165, 1.54) is 5.56 Å². The standard InChI is InChI=1S/C13H18N2O2/c14-13(16)15(17)12-8-6-11(7-9-12)10-4-2-1-3-5-10/h1-5,11-12,17H,6-9H2,(H2,14,16)/t11-,12-. The van der Waals surface area contributed by atoms with E-state index in [0.29, 0.717) is 11.0 Å². The summed E-state index contributed by atoms with van der Waals surface area (Å²) in [4.78, 5) is 10.8. The summed E-state index contributed by atoms with van der Waals surface area (Å²) in [6.07, 6.45) is 3.58. The fourth-order valence-electron chi connectivity index (χ4n) is 2.56. The Hall–Kier alpha value is -1.55. The fraction of sp³-hybridized carbons (Fsp3) is 0.462. The average Bonchev–Trinajstić information content (AvgIpc) is 2.39. The number of benzene rings is 1. The quantitative estimate of drug-likeness (QED) is 0.609. The number of nitrogens with two attached hydrogens (primary N) is 1. The summed E-state index contributed by atoms with van der Waals surface area (Å²) in [5, 5.41) is 10.1. The molecule has 0 unspecified atom stereocenters. The minimum Gasteiger partial charge on any atom is -0.350 e. The van der Waals surface area contributed by atoms with Crippen LogP contribution in [0.25, 0.3) is 0 Å². The van der Waals surface area contributed by atoms with E-state index in [4.69, 9.17) is 5.73 Å². The van der Waals surface area contributed by atoms with Crippen LogP contribution in [0.5, 0.6) is 0 Å². The first-order valence-electron chi connectivity index (χ1n) is 6.01. The van der Waals surface area contributed by atoms with E-state index in [1.54, 1.807) is 0 Å². The second kappa shape index (κ2) is 5.19. The van der Waals surface area contributed by atoms with Crippen molar-refractivity contribution in [2.75, 3.05) is 0 Å². The van der Waals surface area contributed by atoms with Gasteiger partial charge in [0, 0.05) is 0 Å². The largest absolute Gasteiger partial charge is 0.350 e. The van der Waals surface area contributed by atoms with Gasteiger partial charge in [-0.05, 0) is 37.2 Å². The lowest BCUT2D eigenvalue weighted by atomic mass is 9.82. The molecule has 0 saturated heterocycles. The first-order valence-corrected chi connectivity index (χ1v) is 6.01. The Balaban J connectivity index is 1.93. The Morgan fingerprint density at radius 3 is 2.29 bits per heavy atom. The maximum absolute atomic E-state index is 10.8. The van der Waals surface area contributed by atoms with Crippen LogP contribution in [-0.4, -0.2) is 22.3 Å². The highest BCUT2D eigenvalue weighted by molar-refractivity contribution is 5.70. The van der Waals surface area contributed by atoms with Crippen LogP contribution in [-0.2, 0) is 0 Å². The molecule has 1 aromatic carbocycles. The van der Waals surface area contributed by atoms with Gasteiger partial charge < -0.3 is 5.73 Å². The van der Waals surface area contributed by atoms with Gasteiger partial charge in [0.05, 0.1) is 6.04 Å². The maximum atomic E-state index is 10.8. The van der Waals surface area contributed by atoms with Crippen molar-refractivity contribution in [3.63, 3.8) is 0 Å². The minimum absolute atomic E-state index is 0.118. The third kappa shape index (κ3) is 2.77. The third-order valence-electron chi connectivity index (χ3n) is 3.54. The highest BCUT2D eigenvalue weighted by Gasteiger charge is 2.27. The van der Waals surface area contributed by atoms with Crippen molar-refractivity contribution in [3.05, 3.63) is 35.9 Å². The molecule has 3 N–H and O–H groups in total. The molecule has 0 spiro atoms. The number of urea groups is 1. The van der Waals surface area contributed by atoms with Gasteiger partial charge in [-0.1, -0.05) is 30.3 Å². The van der Waals surface area contributed by atoms with Crippen LogP contribution < -0.4 is 5.73 Å². The Morgan fingerprint density at radius 2 is 1.76 bits per heavy atom. The highest BCUT2D eigenvalue weighted by atomic mass is 16.5. The normalized spacial score (nSPS) is 24.3. The number of hydrogen-bond acceptors (Lipinski definition) is 2. The topological polar surface area (TPSA) is 66.6 Å². The number of hydroxylamine groups is 2. The third-order valence-corrected chi connectivity index (χ3v) is 3.54. The van der Waals surface area contributed by atoms with Crippen molar-refractivity contribution in [2.45, 2.75) is 37.6 Å². The zero-order chi connectivity index (χ0) is 12.3. The summed E-state index contributed by atoms with van der Waals surface area (Å²) in [6, 6.07) is 9.50. The number of rotatable bonds is 2. The molecular formula is C13H18N2O2. The van der Waals surface area contributed by atoms with Gasteiger partial charge in [-0.3, -0.25) is 5.21 Å². The van der Waals surface area contributed by atoms with Crippen molar-refractivity contribution in [2.24, 2.45) is 5.73 Å². The summed E-state index contributed by atoms with van der Waals surface area (Å²) < 4.78 is 0. The number of amides is 2. The molecule has 0 heterocycles. The summed E-state index contributed by atoms with van der Waals surface area (Å²) in [5.41, 5.74) is 6.39. The van der Waals surface area contributed by atoms with Crippen LogP contribution in [0.2, 0.25) is 0 Å². The zero-order valence-electron chi connectivity index (χ0n) is 9.75. The predicted octanol–water partition coefficient (Wildman–Crippen LogP) is 2.48. The van der Waals surface area contributed by atoms with Crippen LogP contribution in [0.4, 0.5) is 4.79 Å². The van der Waals surface area contributed by atoms with Gasteiger partial charge in [0.1, 0.15) is 0 Å². The van der Waals surface area contributed by atoms with Gasteiger partial charge in [-0.25, -0.2) is 9.86 Å². The van der Waals surface area contributed by atoms with Gasteiger partial charge in [-0.2, -0.15) is 0 Å². The highest BCUT2D eigenvalue weighted by Crippen LogP contribution is 2.34. The SMILES string of the molecule is NC(=O)N(O)[C@H]1CC[C@H](c2ccccc2)CC1. The first kappa shape index (κ1) is 11.9. The van der Waals surface area contributed by atoms with Crippen molar-refractivity contribution in [1.29, 1.82) is 0 Å². The molecule has 1 aliphatic rings. The average molecular weight is 234 g/mol. The summed E-state index contributed by atoms with van der Waals surface area (Å²) in [7, 11) is 0. The lowest BCUT2D eigenvalue weighted by Gasteiger charge is -2.32. The van der Waals surface area contributed by atoms with Crippen LogP contribution in [0.3, 0.4) is 0 Å². The van der Waals surface area contributed by atoms with Crippen LogP contribution in [0, 0.1) is 0 Å². The Bertz CT molecular complexity index is 372. The second-order valence-corrected chi connectivity index (χ2v) is 4.60. The van der Waals surface area contributed by atoms with E-state index in [0.717, 1.165) is 25.7 Å². The molecule has 1 aromatic rings. The fourth-order valence-corrected chi connectivity index (χ4v) is 2.56. The predicted molar refractivity (Wildman–Crippen MR) is 64.6 cm³/mol. The summed E-state index contributed by atoms with van der Waals surface area (Å²) >= 11 is 0. The van der Waals surface area contributed by atoms with Crippen LogP contribution >= 0.6 is 0 Å². The first-order chi connectivity index (χ1) is 8.18. The molecule has 4 nitrogen and oxygen atoms in total. The molecule has 0 radical (unpaired) electrons. The van der Waals surface area contributed by atoms with Gasteiger partial charge in [0.15, 0.2) is 0 Å². The molecular weight excluding hydrogens is 216 g/mol. The Morgan fingerprint density at radius 1 is 1.18 bits per heavy atom. The summed E-state index contributed by atoms with van der Waals surface area (Å²) in [6.45, 7) is 0. The van der Waals surface area contributed by atoms with Crippen LogP contribution in [0.1, 0.15) is 37.2 Å². The van der Waals surface area contributed by atoms with Crippen molar-refractivity contribution < 1.29 is 10.0 Å². The molecule has 0 aliphatic heterocycles. The van der Waals surface area contributed by atoms with Gasteiger partial charge in [-0.15, -0.1) is 0 Å².